The van der Waals surface area contributed by atoms with E-state index in [4.69, 9.17) is 0 Å². The van der Waals surface area contributed by atoms with Gasteiger partial charge in [0.25, 0.3) is 11.2 Å². The van der Waals surface area contributed by atoms with E-state index in [1.807, 2.05) is 0 Å². The van der Waals surface area contributed by atoms with Gasteiger partial charge in [0.1, 0.15) is 12.4 Å². The van der Waals surface area contributed by atoms with Gasteiger partial charge in [0.2, 0.25) is 0 Å². The summed E-state index contributed by atoms with van der Waals surface area (Å²) in [5, 5.41) is 0. The first-order chi connectivity index (χ1) is 13.8. The Kier molecular flexibility index (Phi) is 7.13. The molecular weight excluding hydrogens is 488 g/mol. The lowest BCUT2D eigenvalue weighted by molar-refractivity contribution is -0.680. The Morgan fingerprint density at radius 2 is 1.55 bits per heavy atom. The number of rotatable bonds is 6. The van der Waals surface area contributed by atoms with Gasteiger partial charge in [0.15, 0.2) is 0 Å². The zero-order valence-electron chi connectivity index (χ0n) is 16.2. The number of aromatic nitrogens is 2. The van der Waals surface area contributed by atoms with Crippen molar-refractivity contribution in [3.05, 3.63) is 18.2 Å². The second-order valence-corrected chi connectivity index (χ2v) is 9.66. The number of aromatic amines is 1. The van der Waals surface area contributed by atoms with Gasteiger partial charge in [-0.2, -0.15) is 43.2 Å². The average Bonchev–Trinajstić information content (AvgIpc) is 3.03. The van der Waals surface area contributed by atoms with E-state index >= 15 is 0 Å². The normalized spacial score (nSPS) is 15.2. The molecule has 0 aromatic carbocycles. The van der Waals surface area contributed by atoms with Crippen LogP contribution in [-0.4, -0.2) is 61.8 Å². The maximum Gasteiger partial charge on any atom is 0.561 e. The van der Waals surface area contributed by atoms with E-state index < -0.39 is 64.2 Å². The number of halogens is 6. The van der Waals surface area contributed by atoms with E-state index in [0.29, 0.717) is 14.0 Å². The molecule has 18 heteroatoms. The van der Waals surface area contributed by atoms with Gasteiger partial charge in [-0.15, -0.1) is 0 Å². The second kappa shape index (κ2) is 8.29. The summed E-state index contributed by atoms with van der Waals surface area (Å²) in [6.45, 7) is 1.41. The van der Waals surface area contributed by atoms with Crippen molar-refractivity contribution in [1.29, 1.82) is 0 Å². The van der Waals surface area contributed by atoms with Crippen LogP contribution in [-0.2, 0) is 46.8 Å². The molecule has 0 aliphatic carbocycles. The van der Waals surface area contributed by atoms with Gasteiger partial charge in [0.05, 0.1) is 24.2 Å². The van der Waals surface area contributed by atoms with E-state index in [-0.39, 0.29) is 0 Å². The van der Waals surface area contributed by atoms with Gasteiger partial charge in [-0.3, -0.25) is 4.79 Å². The fraction of sp³-hybridized carbons (Fsp3) is 0.615. The molecule has 0 saturated heterocycles. The smallest absolute Gasteiger partial charge is 0.465 e. The molecule has 0 spiro atoms. The number of carbonyl (C=O) groups is 1. The number of imidazole rings is 1. The molecule has 0 fully saturated rings. The molecule has 31 heavy (non-hydrogen) atoms. The van der Waals surface area contributed by atoms with Gasteiger partial charge in [-0.05, 0) is 13.8 Å². The van der Waals surface area contributed by atoms with E-state index in [1.165, 1.54) is 14.0 Å². The summed E-state index contributed by atoms with van der Waals surface area (Å²) in [4.78, 5) is 15.0. The van der Waals surface area contributed by atoms with Crippen molar-refractivity contribution in [3.8, 4) is 0 Å². The summed E-state index contributed by atoms with van der Waals surface area (Å²) in [6.07, 6.45) is 2.24. The molecule has 1 N–H and O–H groups in total. The van der Waals surface area contributed by atoms with Crippen molar-refractivity contribution in [1.82, 2.24) is 4.98 Å². The first-order valence-corrected chi connectivity index (χ1v) is 10.7. The van der Waals surface area contributed by atoms with E-state index in [1.54, 1.807) is 0 Å². The zero-order valence-corrected chi connectivity index (χ0v) is 17.8. The third kappa shape index (κ3) is 4.35. The number of methoxy groups -OCH3 is 1. The van der Waals surface area contributed by atoms with Crippen LogP contribution < -0.4 is 4.57 Å². The molecule has 0 bridgehead atoms. The van der Waals surface area contributed by atoms with Crippen LogP contribution in [0.3, 0.4) is 0 Å². The molecule has 0 aliphatic rings. The molecule has 1 aromatic heterocycles. The molecule has 10 nitrogen and oxygen atoms in total. The standard InChI is InChI=1S/C13H16F6N3O7S2/c1-5-29-10(23)11(2,8-20-6-7-21(8)3)9(28-4)22(30(24,25)12(14,15)16)31(26,27)13(17,18)19/h6-7H,5H2,1-4H3/q+1/p+1/t11-/m1/s1. The number of nitrogens with one attached hydrogen (secondary N) is 1. The summed E-state index contributed by atoms with van der Waals surface area (Å²) >= 11 is 0. The van der Waals surface area contributed by atoms with Crippen LogP contribution in [0.5, 0.6) is 0 Å². The Hall–Kier alpha value is -2.37. The maximum absolute atomic E-state index is 13.2. The van der Waals surface area contributed by atoms with Crippen molar-refractivity contribution >= 4 is 31.9 Å². The van der Waals surface area contributed by atoms with Gasteiger partial charge >= 0.3 is 42.9 Å². The monoisotopic (exact) mass is 505 g/mol. The van der Waals surface area contributed by atoms with Crippen molar-refractivity contribution in [2.75, 3.05) is 13.7 Å². The average molecular weight is 505 g/mol. The number of carbonyl (C=O) groups excluding carboxylic acids is 1. The summed E-state index contributed by atoms with van der Waals surface area (Å²) in [5.74, 6) is -4.20. The van der Waals surface area contributed by atoms with Crippen LogP contribution in [0.2, 0.25) is 0 Å². The molecule has 1 atom stereocenters. The Morgan fingerprint density at radius 1 is 1.10 bits per heavy atom. The number of ether oxygens (including phenoxy) is 2. The highest BCUT2D eigenvalue weighted by molar-refractivity contribution is 7.98. The lowest BCUT2D eigenvalue weighted by Crippen LogP contribution is -2.57. The Bertz CT molecular complexity index is 1040. The largest absolute Gasteiger partial charge is 0.561 e. The quantitative estimate of drug-likeness (QED) is 0.195. The molecule has 1 heterocycles. The SMILES string of the molecule is CCOC(=O)[C@@](C)(C(OC)=[N+](S(=O)(=O)C(F)(F)F)S(=O)(=O)C(F)(F)F)c1[nH]cc[n+]1C. The van der Waals surface area contributed by atoms with Crippen molar-refractivity contribution in [2.45, 2.75) is 30.3 Å². The minimum atomic E-state index is -7.29. The fourth-order valence-corrected chi connectivity index (χ4v) is 5.33. The van der Waals surface area contributed by atoms with Crippen molar-refractivity contribution < 1.29 is 65.4 Å². The molecule has 0 amide bonds. The Labute approximate surface area is 172 Å². The summed E-state index contributed by atoms with van der Waals surface area (Å²) in [6, 6.07) is 0. The third-order valence-electron chi connectivity index (χ3n) is 3.84. The predicted octanol–water partition coefficient (Wildman–Crippen LogP) is 0.417. The van der Waals surface area contributed by atoms with Crippen molar-refractivity contribution in [2.24, 2.45) is 7.05 Å². The topological polar surface area (TPSA) is 126 Å². The number of hydrogen-bond acceptors (Lipinski definition) is 7. The van der Waals surface area contributed by atoms with E-state index in [9.17, 15) is 48.0 Å². The van der Waals surface area contributed by atoms with Gasteiger partial charge < -0.3 is 9.47 Å². The number of hydrogen-bond donors (Lipinski definition) is 1. The van der Waals surface area contributed by atoms with Crippen LogP contribution in [0, 0.1) is 0 Å². The molecule has 0 saturated carbocycles. The minimum absolute atomic E-state index is 0.389. The summed E-state index contributed by atoms with van der Waals surface area (Å²) in [7, 11) is -13.0. The van der Waals surface area contributed by atoms with Crippen LogP contribution in [0.25, 0.3) is 0 Å². The first-order valence-electron chi connectivity index (χ1n) is 7.86. The molecule has 178 valence electrons. The van der Waals surface area contributed by atoms with Gasteiger partial charge in [-0.1, -0.05) is 0 Å². The third-order valence-corrected chi connectivity index (χ3v) is 7.39. The van der Waals surface area contributed by atoms with Crippen LogP contribution in [0.1, 0.15) is 19.7 Å². The first kappa shape index (κ1) is 26.7. The summed E-state index contributed by atoms with van der Waals surface area (Å²) < 4.78 is 135. The maximum atomic E-state index is 13.2. The van der Waals surface area contributed by atoms with E-state index in [0.717, 1.165) is 17.0 Å². The Morgan fingerprint density at radius 3 is 1.84 bits per heavy atom. The van der Waals surface area contributed by atoms with E-state index in [2.05, 4.69) is 14.5 Å². The van der Waals surface area contributed by atoms with Crippen LogP contribution >= 0.6 is 0 Å². The van der Waals surface area contributed by atoms with Gasteiger partial charge in [-0.25, -0.2) is 9.55 Å². The second-order valence-electron chi connectivity index (χ2n) is 5.87. The highest BCUT2D eigenvalue weighted by atomic mass is 32.3. The number of sulfonamides is 2. The van der Waals surface area contributed by atoms with Crippen LogP contribution in [0.15, 0.2) is 12.4 Å². The van der Waals surface area contributed by atoms with Crippen molar-refractivity contribution in [3.63, 3.8) is 0 Å². The molecule has 0 aliphatic heterocycles. The molecule has 0 unspecified atom stereocenters. The number of esters is 1. The molecule has 1 aromatic rings. The zero-order chi connectivity index (χ0) is 24.6. The lowest BCUT2D eigenvalue weighted by Gasteiger charge is -2.22. The number of H-pyrrole nitrogens is 1. The lowest BCUT2D eigenvalue weighted by atomic mass is 9.89. The number of aryl methyl sites for hydroxylation is 1. The molecule has 0 radical (unpaired) electrons. The Balaban J connectivity index is 4.39. The molecular formula is C13H17F6N3O7S2+2. The minimum Gasteiger partial charge on any atom is -0.465 e. The van der Waals surface area contributed by atoms with Gasteiger partial charge in [0, 0.05) is 0 Å². The molecule has 1 rings (SSSR count). The fourth-order valence-electron chi connectivity index (χ4n) is 2.46. The number of nitrogens with zero attached hydrogens (tertiary/aromatic N) is 2. The highest BCUT2D eigenvalue weighted by Gasteiger charge is 2.72. The van der Waals surface area contributed by atoms with Crippen LogP contribution in [0.4, 0.5) is 26.3 Å². The predicted molar refractivity (Wildman–Crippen MR) is 88.2 cm³/mol. The highest BCUT2D eigenvalue weighted by Crippen LogP contribution is 2.35. The summed E-state index contributed by atoms with van der Waals surface area (Å²) in [5.41, 5.74) is -16.0. The number of alkyl halides is 6.